The first-order valence-corrected chi connectivity index (χ1v) is 6.07. The Balaban J connectivity index is 2.04. The lowest BCUT2D eigenvalue weighted by Gasteiger charge is -2.17. The fourth-order valence-electron chi connectivity index (χ4n) is 2.50. The quantitative estimate of drug-likeness (QED) is 0.891. The summed E-state index contributed by atoms with van der Waals surface area (Å²) in [5, 5.41) is 14.6. The largest absolute Gasteiger partial charge is 0.390 e. The van der Waals surface area contributed by atoms with Crippen molar-refractivity contribution >= 4 is 17.2 Å². The highest BCUT2D eigenvalue weighted by Gasteiger charge is 2.48. The molecule has 4 nitrogen and oxygen atoms in total. The molecule has 1 saturated carbocycles. The van der Waals surface area contributed by atoms with E-state index in [1.54, 1.807) is 16.9 Å². The number of aromatic nitrogens is 3. The lowest BCUT2D eigenvalue weighted by molar-refractivity contribution is 0.0546. The maximum atomic E-state index is 10.0. The predicted molar refractivity (Wildman–Crippen MR) is 65.1 cm³/mol. The van der Waals surface area contributed by atoms with Crippen LogP contribution in [-0.4, -0.2) is 25.3 Å². The summed E-state index contributed by atoms with van der Waals surface area (Å²) in [6.45, 7) is 3.70. The van der Waals surface area contributed by atoms with Gasteiger partial charge >= 0.3 is 0 Å². The summed E-state index contributed by atoms with van der Waals surface area (Å²) in [7, 11) is 0. The van der Waals surface area contributed by atoms with Crippen molar-refractivity contribution in [2.75, 3.05) is 0 Å². The van der Waals surface area contributed by atoms with Gasteiger partial charge in [-0.25, -0.2) is 9.50 Å². The zero-order chi connectivity index (χ0) is 12.2. The molecule has 0 unspecified atom stereocenters. The SMILES string of the molecule is CC(C)(O)[C@H]1C[C@@H]1c1cc(Cl)nn2ccnc12. The summed E-state index contributed by atoms with van der Waals surface area (Å²) in [6.07, 6.45) is 4.47. The van der Waals surface area contributed by atoms with Crippen LogP contribution in [0, 0.1) is 5.92 Å². The van der Waals surface area contributed by atoms with Gasteiger partial charge in [0.1, 0.15) is 5.15 Å². The van der Waals surface area contributed by atoms with Crippen molar-refractivity contribution in [3.8, 4) is 0 Å². The van der Waals surface area contributed by atoms with Gasteiger partial charge in [0, 0.05) is 18.0 Å². The molecule has 1 aliphatic rings. The minimum Gasteiger partial charge on any atom is -0.390 e. The minimum atomic E-state index is -0.649. The molecule has 0 amide bonds. The van der Waals surface area contributed by atoms with Crippen LogP contribution >= 0.6 is 11.6 Å². The Morgan fingerprint density at radius 1 is 1.53 bits per heavy atom. The van der Waals surface area contributed by atoms with Gasteiger partial charge in [-0.1, -0.05) is 11.6 Å². The lowest BCUT2D eigenvalue weighted by atomic mass is 9.99. The molecule has 1 aliphatic carbocycles. The Labute approximate surface area is 104 Å². The van der Waals surface area contributed by atoms with Crippen LogP contribution in [0.4, 0.5) is 0 Å². The molecule has 0 bridgehead atoms. The van der Waals surface area contributed by atoms with Crippen molar-refractivity contribution in [3.05, 3.63) is 29.2 Å². The molecular weight excluding hydrogens is 238 g/mol. The molecule has 2 aromatic heterocycles. The molecule has 2 atom stereocenters. The van der Waals surface area contributed by atoms with E-state index < -0.39 is 5.60 Å². The molecule has 0 spiro atoms. The number of hydrogen-bond acceptors (Lipinski definition) is 3. The number of rotatable bonds is 2. The van der Waals surface area contributed by atoms with E-state index >= 15 is 0 Å². The first-order chi connectivity index (χ1) is 7.97. The topological polar surface area (TPSA) is 50.4 Å². The molecule has 3 rings (SSSR count). The third-order valence-corrected chi connectivity index (χ3v) is 3.64. The van der Waals surface area contributed by atoms with E-state index in [0.29, 0.717) is 11.1 Å². The number of imidazole rings is 1. The first kappa shape index (κ1) is 11.0. The van der Waals surface area contributed by atoms with Gasteiger partial charge in [0.25, 0.3) is 0 Å². The Bertz CT molecular complexity index is 573. The van der Waals surface area contributed by atoms with Gasteiger partial charge in [-0.2, -0.15) is 5.10 Å². The van der Waals surface area contributed by atoms with Crippen LogP contribution in [0.3, 0.4) is 0 Å². The fraction of sp³-hybridized carbons (Fsp3) is 0.500. The normalized spacial score (nSPS) is 24.2. The van der Waals surface area contributed by atoms with Crippen molar-refractivity contribution in [1.29, 1.82) is 0 Å². The van der Waals surface area contributed by atoms with E-state index in [0.717, 1.165) is 17.6 Å². The van der Waals surface area contributed by atoms with E-state index in [1.165, 1.54) is 0 Å². The highest BCUT2D eigenvalue weighted by molar-refractivity contribution is 6.29. The van der Waals surface area contributed by atoms with Crippen LogP contribution in [0.25, 0.3) is 5.65 Å². The van der Waals surface area contributed by atoms with Gasteiger partial charge in [-0.3, -0.25) is 0 Å². The van der Waals surface area contributed by atoms with Gasteiger partial charge in [0.2, 0.25) is 0 Å². The lowest BCUT2D eigenvalue weighted by Crippen LogP contribution is -2.22. The maximum Gasteiger partial charge on any atom is 0.157 e. The second-order valence-electron chi connectivity index (χ2n) is 5.22. The van der Waals surface area contributed by atoms with E-state index in [2.05, 4.69) is 10.1 Å². The number of fused-ring (bicyclic) bond motifs is 1. The highest BCUT2D eigenvalue weighted by atomic mass is 35.5. The van der Waals surface area contributed by atoms with Crippen molar-refractivity contribution in [1.82, 2.24) is 14.6 Å². The van der Waals surface area contributed by atoms with E-state index in [1.807, 2.05) is 19.9 Å². The Hall–Kier alpha value is -1.13. The van der Waals surface area contributed by atoms with Crippen molar-refractivity contribution in [3.63, 3.8) is 0 Å². The fourth-order valence-corrected chi connectivity index (χ4v) is 2.70. The second-order valence-corrected chi connectivity index (χ2v) is 5.61. The molecule has 2 aromatic rings. The molecule has 90 valence electrons. The summed E-state index contributed by atoms with van der Waals surface area (Å²) in [5.41, 5.74) is 1.28. The van der Waals surface area contributed by atoms with Crippen LogP contribution in [-0.2, 0) is 0 Å². The predicted octanol–water partition coefficient (Wildman–Crippen LogP) is 2.26. The standard InChI is InChI=1S/C12H14ClN3O/c1-12(2,17)9-5-7(9)8-6-10(13)15-16-4-3-14-11(8)16/h3-4,6-7,9,17H,5H2,1-2H3/t7-,9+/m1/s1. The van der Waals surface area contributed by atoms with E-state index in [-0.39, 0.29) is 5.92 Å². The monoisotopic (exact) mass is 251 g/mol. The average Bonchev–Trinajstić information content (AvgIpc) is 2.90. The highest BCUT2D eigenvalue weighted by Crippen LogP contribution is 2.54. The Morgan fingerprint density at radius 2 is 2.29 bits per heavy atom. The maximum absolute atomic E-state index is 10.0. The van der Waals surface area contributed by atoms with Crippen molar-refractivity contribution < 1.29 is 5.11 Å². The number of hydrogen-bond donors (Lipinski definition) is 1. The average molecular weight is 252 g/mol. The molecule has 2 heterocycles. The number of aliphatic hydroxyl groups is 1. The van der Waals surface area contributed by atoms with Crippen LogP contribution in [0.5, 0.6) is 0 Å². The zero-order valence-corrected chi connectivity index (χ0v) is 10.5. The molecule has 0 aliphatic heterocycles. The minimum absolute atomic E-state index is 0.279. The summed E-state index contributed by atoms with van der Waals surface area (Å²) in [4.78, 5) is 4.30. The Morgan fingerprint density at radius 3 is 2.94 bits per heavy atom. The molecule has 0 aromatic carbocycles. The third-order valence-electron chi connectivity index (χ3n) is 3.46. The molecule has 5 heteroatoms. The summed E-state index contributed by atoms with van der Waals surface area (Å²) >= 11 is 5.99. The van der Waals surface area contributed by atoms with Gasteiger partial charge in [0.05, 0.1) is 5.60 Å². The van der Waals surface area contributed by atoms with Crippen molar-refractivity contribution in [2.45, 2.75) is 31.8 Å². The van der Waals surface area contributed by atoms with Gasteiger partial charge in [-0.05, 0) is 38.2 Å². The van der Waals surface area contributed by atoms with Crippen LogP contribution in [0.1, 0.15) is 31.7 Å². The smallest absolute Gasteiger partial charge is 0.157 e. The Kier molecular flexibility index (Phi) is 2.22. The molecule has 1 N–H and O–H groups in total. The number of nitrogens with zero attached hydrogens (tertiary/aromatic N) is 3. The molecule has 0 radical (unpaired) electrons. The molecule has 0 saturated heterocycles. The molecular formula is C12H14ClN3O. The van der Waals surface area contributed by atoms with Crippen LogP contribution in [0.2, 0.25) is 5.15 Å². The third kappa shape index (κ3) is 1.81. The van der Waals surface area contributed by atoms with Gasteiger partial charge in [0.15, 0.2) is 5.65 Å². The van der Waals surface area contributed by atoms with Gasteiger partial charge in [-0.15, -0.1) is 0 Å². The van der Waals surface area contributed by atoms with E-state index in [9.17, 15) is 5.11 Å². The van der Waals surface area contributed by atoms with Crippen LogP contribution < -0.4 is 0 Å². The van der Waals surface area contributed by atoms with Crippen molar-refractivity contribution in [2.24, 2.45) is 5.92 Å². The number of halogens is 1. The first-order valence-electron chi connectivity index (χ1n) is 5.69. The zero-order valence-electron chi connectivity index (χ0n) is 9.76. The summed E-state index contributed by atoms with van der Waals surface area (Å²) < 4.78 is 1.69. The summed E-state index contributed by atoms with van der Waals surface area (Å²) in [5.74, 6) is 0.613. The van der Waals surface area contributed by atoms with Gasteiger partial charge < -0.3 is 5.11 Å². The van der Waals surface area contributed by atoms with E-state index in [4.69, 9.17) is 11.6 Å². The van der Waals surface area contributed by atoms with Crippen LogP contribution in [0.15, 0.2) is 18.5 Å². The molecule has 1 fully saturated rings. The molecule has 17 heavy (non-hydrogen) atoms. The second kappa shape index (κ2) is 3.43. The summed E-state index contributed by atoms with van der Waals surface area (Å²) in [6, 6.07) is 1.86.